The number of rotatable bonds is 2. The summed E-state index contributed by atoms with van der Waals surface area (Å²) in [5.41, 5.74) is 0.376. The van der Waals surface area contributed by atoms with Crippen LogP contribution in [-0.4, -0.2) is 0 Å². The molecule has 0 unspecified atom stereocenters. The fourth-order valence-corrected chi connectivity index (χ4v) is 0.893. The fraction of sp³-hybridized carbons (Fsp3) is 0.125. The van der Waals surface area contributed by atoms with Gasteiger partial charge in [0.15, 0.2) is 17.5 Å². The summed E-state index contributed by atoms with van der Waals surface area (Å²) in [5.74, 6) is -3.75. The third-order valence-corrected chi connectivity index (χ3v) is 1.42. The third-order valence-electron chi connectivity index (χ3n) is 1.42. The molecule has 4 heteroatoms. The van der Waals surface area contributed by atoms with Gasteiger partial charge >= 0.3 is 0 Å². The molecule has 1 nitrogen and oxygen atoms in total. The van der Waals surface area contributed by atoms with Gasteiger partial charge in [0.1, 0.15) is 0 Å². The minimum Gasteiger partial charge on any atom is -0.475 e. The Kier molecular flexibility index (Phi) is 2.70. The lowest BCUT2D eigenvalue weighted by Gasteiger charge is -2.02. The summed E-state index contributed by atoms with van der Waals surface area (Å²) in [4.78, 5) is 0. The van der Waals surface area contributed by atoms with Gasteiger partial charge < -0.3 is 5.32 Å². The summed E-state index contributed by atoms with van der Waals surface area (Å²) in [5, 5.41) is 1.49. The number of nitrogens with two attached hydrogens (primary N) is 1. The molecule has 0 radical (unpaired) electrons. The van der Waals surface area contributed by atoms with Crippen LogP contribution in [0.4, 0.5) is 13.2 Å². The summed E-state index contributed by atoms with van der Waals surface area (Å²) in [6, 6.07) is 1.92. The average Bonchev–Trinajstić information content (AvgIpc) is 2.01. The Morgan fingerprint density at radius 2 is 1.67 bits per heavy atom. The topological polar surface area (TPSA) is 16.6 Å². The first-order chi connectivity index (χ1) is 5.65. The lowest BCUT2D eigenvalue weighted by Crippen LogP contribution is -2.74. The Hall–Kier alpha value is -1.03. The van der Waals surface area contributed by atoms with Crippen molar-refractivity contribution < 1.29 is 18.5 Å². The highest BCUT2D eigenvalue weighted by atomic mass is 19.2. The zero-order valence-electron chi connectivity index (χ0n) is 6.28. The second kappa shape index (κ2) is 3.58. The highest BCUT2D eigenvalue weighted by Gasteiger charge is 2.09. The van der Waals surface area contributed by atoms with Crippen LogP contribution in [-0.2, 0) is 6.54 Å². The molecule has 0 atom stereocenters. The van der Waals surface area contributed by atoms with E-state index in [1.54, 1.807) is 0 Å². The first kappa shape index (κ1) is 9.06. The van der Waals surface area contributed by atoms with E-state index in [1.807, 2.05) is 0 Å². The zero-order chi connectivity index (χ0) is 9.14. The van der Waals surface area contributed by atoms with Gasteiger partial charge in [0, 0.05) is 5.56 Å². The van der Waals surface area contributed by atoms with Crippen LogP contribution < -0.4 is 5.32 Å². The molecule has 0 bridgehead atoms. The van der Waals surface area contributed by atoms with Crippen LogP contribution in [0.2, 0.25) is 0 Å². The third kappa shape index (κ3) is 1.76. The summed E-state index contributed by atoms with van der Waals surface area (Å²) in [7, 11) is 3.40. The van der Waals surface area contributed by atoms with Crippen LogP contribution in [0, 0.1) is 24.5 Å². The predicted octanol–water partition coefficient (Wildman–Crippen LogP) is 0.959. The van der Waals surface area contributed by atoms with Crippen molar-refractivity contribution in [1.29, 1.82) is 0 Å². The highest BCUT2D eigenvalue weighted by molar-refractivity contribution is 5.18. The Bertz CT molecular complexity index is 263. The molecule has 66 valence electrons. The first-order valence-corrected chi connectivity index (χ1v) is 3.39. The Balaban J connectivity index is 3.04. The van der Waals surface area contributed by atoms with Crippen molar-refractivity contribution in [3.8, 4) is 0 Å². The van der Waals surface area contributed by atoms with Gasteiger partial charge in [0.25, 0.3) is 0 Å². The molecule has 0 heterocycles. The lowest BCUT2D eigenvalue weighted by atomic mass is 10.2. The maximum absolute atomic E-state index is 12.5. The van der Waals surface area contributed by atoms with Crippen molar-refractivity contribution >= 4 is 0 Å². The minimum absolute atomic E-state index is 0.327. The van der Waals surface area contributed by atoms with Gasteiger partial charge in [-0.25, -0.2) is 13.2 Å². The largest absolute Gasteiger partial charge is 0.475 e. The van der Waals surface area contributed by atoms with E-state index in [0.29, 0.717) is 12.1 Å². The second-order valence-electron chi connectivity index (χ2n) is 2.37. The van der Waals surface area contributed by atoms with E-state index < -0.39 is 17.5 Å². The van der Waals surface area contributed by atoms with Crippen molar-refractivity contribution in [3.63, 3.8) is 0 Å². The highest BCUT2D eigenvalue weighted by Crippen LogP contribution is 2.12. The molecule has 0 aliphatic heterocycles. The van der Waals surface area contributed by atoms with Crippen molar-refractivity contribution in [2.24, 2.45) is 0 Å². The van der Waals surface area contributed by atoms with Gasteiger partial charge in [0.2, 0.25) is 0 Å². The standard InChI is InChI=1S/C8H8F3N/c1-12-4-5-2-6(9)8(11)7(10)3-5/h2-3H,1,4,12H2. The molecule has 1 aromatic rings. The van der Waals surface area contributed by atoms with Crippen molar-refractivity contribution in [2.75, 3.05) is 0 Å². The monoisotopic (exact) mass is 175 g/mol. The molecule has 0 fully saturated rings. The number of hydrogen-bond donors (Lipinski definition) is 1. The van der Waals surface area contributed by atoms with Crippen molar-refractivity contribution in [2.45, 2.75) is 6.54 Å². The quantitative estimate of drug-likeness (QED) is 0.509. The maximum Gasteiger partial charge on any atom is 0.194 e. The van der Waals surface area contributed by atoms with Crippen LogP contribution in [0.25, 0.3) is 0 Å². The number of hydrogen-bond acceptors (Lipinski definition) is 0. The average molecular weight is 175 g/mol. The van der Waals surface area contributed by atoms with Crippen molar-refractivity contribution in [3.05, 3.63) is 42.2 Å². The van der Waals surface area contributed by atoms with E-state index in [1.165, 1.54) is 5.32 Å². The molecule has 0 aliphatic carbocycles. The number of quaternary nitrogens is 1. The maximum atomic E-state index is 12.5. The van der Waals surface area contributed by atoms with Gasteiger partial charge in [-0.2, -0.15) is 7.05 Å². The smallest absolute Gasteiger partial charge is 0.194 e. The molecule has 0 aliphatic rings. The van der Waals surface area contributed by atoms with Crippen molar-refractivity contribution in [1.82, 2.24) is 0 Å². The van der Waals surface area contributed by atoms with Crippen LogP contribution in [0.1, 0.15) is 5.56 Å². The lowest BCUT2D eigenvalue weighted by molar-refractivity contribution is -0.612. The summed E-state index contributed by atoms with van der Waals surface area (Å²) in [6.45, 7) is 0.327. The van der Waals surface area contributed by atoms with Gasteiger partial charge in [-0.15, -0.1) is 0 Å². The van der Waals surface area contributed by atoms with E-state index in [4.69, 9.17) is 0 Å². The number of halogens is 3. The second-order valence-corrected chi connectivity index (χ2v) is 2.37. The van der Waals surface area contributed by atoms with Gasteiger partial charge in [0.05, 0.1) is 6.54 Å². The van der Waals surface area contributed by atoms with E-state index in [9.17, 15) is 13.2 Å². The molecule has 0 spiro atoms. The normalized spacial score (nSPS) is 10.3. The molecule has 0 aromatic heterocycles. The summed E-state index contributed by atoms with van der Waals surface area (Å²) >= 11 is 0. The van der Waals surface area contributed by atoms with Crippen LogP contribution in [0.5, 0.6) is 0 Å². The predicted molar refractivity (Wildman–Crippen MR) is 37.3 cm³/mol. The van der Waals surface area contributed by atoms with E-state index in [-0.39, 0.29) is 0 Å². The van der Waals surface area contributed by atoms with Crippen LogP contribution >= 0.6 is 0 Å². The summed E-state index contributed by atoms with van der Waals surface area (Å²) < 4.78 is 37.4. The minimum atomic E-state index is -1.43. The van der Waals surface area contributed by atoms with E-state index >= 15 is 0 Å². The van der Waals surface area contributed by atoms with Crippen LogP contribution in [0.3, 0.4) is 0 Å². The van der Waals surface area contributed by atoms with E-state index in [2.05, 4.69) is 7.05 Å². The molecule has 1 rings (SSSR count). The zero-order valence-corrected chi connectivity index (χ0v) is 6.28. The summed E-state index contributed by atoms with van der Waals surface area (Å²) in [6.07, 6.45) is 0. The van der Waals surface area contributed by atoms with Gasteiger partial charge in [-0.3, -0.25) is 0 Å². The molecular weight excluding hydrogens is 167 g/mol. The van der Waals surface area contributed by atoms with Gasteiger partial charge in [-0.1, -0.05) is 0 Å². The number of benzene rings is 1. The molecule has 2 N–H and O–H groups in total. The molecular formula is C8H8F3N. The van der Waals surface area contributed by atoms with E-state index in [0.717, 1.165) is 12.1 Å². The Morgan fingerprint density at radius 1 is 1.17 bits per heavy atom. The Morgan fingerprint density at radius 3 is 2.08 bits per heavy atom. The Labute approximate surface area is 68.2 Å². The molecule has 0 saturated carbocycles. The molecule has 0 amide bonds. The fourth-order valence-electron chi connectivity index (χ4n) is 0.893. The van der Waals surface area contributed by atoms with Crippen LogP contribution in [0.15, 0.2) is 12.1 Å². The first-order valence-electron chi connectivity index (χ1n) is 3.39. The molecule has 1 aromatic carbocycles. The SMILES string of the molecule is [CH2-][NH2+]Cc1cc(F)c(F)c(F)c1. The molecule has 12 heavy (non-hydrogen) atoms. The molecule has 0 saturated heterocycles. The van der Waals surface area contributed by atoms with Gasteiger partial charge in [-0.05, 0) is 12.1 Å².